The van der Waals surface area contributed by atoms with Crippen LogP contribution in [0.2, 0.25) is 0 Å². The summed E-state index contributed by atoms with van der Waals surface area (Å²) in [5, 5.41) is 15.4. The topological polar surface area (TPSA) is 100 Å². The average Bonchev–Trinajstić information content (AvgIpc) is 2.55. The Labute approximate surface area is 132 Å². The maximum Gasteiger partial charge on any atom is 0.329 e. The molecule has 2 aromatic carbocycles. The number of carbonyl (C=O) groups is 2. The summed E-state index contributed by atoms with van der Waals surface area (Å²) in [6.07, 6.45) is 1.32. The molecule has 2 amide bonds. The second-order valence-electron chi connectivity index (χ2n) is 4.48. The van der Waals surface area contributed by atoms with Crippen molar-refractivity contribution < 1.29 is 19.4 Å². The molecule has 23 heavy (non-hydrogen) atoms. The molecule has 0 heterocycles. The van der Waals surface area contributed by atoms with Crippen LogP contribution in [0.5, 0.6) is 11.5 Å². The Balaban J connectivity index is 1.91. The second-order valence-corrected chi connectivity index (χ2v) is 4.48. The predicted octanol–water partition coefficient (Wildman–Crippen LogP) is 1.49. The van der Waals surface area contributed by atoms with E-state index in [2.05, 4.69) is 15.8 Å². The third kappa shape index (κ3) is 4.85. The van der Waals surface area contributed by atoms with Crippen LogP contribution in [-0.2, 0) is 9.59 Å². The van der Waals surface area contributed by atoms with E-state index in [1.54, 1.807) is 36.4 Å². The van der Waals surface area contributed by atoms with E-state index < -0.39 is 11.8 Å². The Morgan fingerprint density at radius 1 is 1.13 bits per heavy atom. The standard InChI is InChI=1S/C16H15N3O4/c1-23-14-7-3-5-12(9-14)18-15(21)16(22)19-17-10-11-4-2-6-13(20)8-11/h2-10,20H,1H3,(H,18,21)(H,19,22)/b17-10-. The van der Waals surface area contributed by atoms with Gasteiger partial charge in [-0.25, -0.2) is 5.43 Å². The van der Waals surface area contributed by atoms with Gasteiger partial charge in [-0.1, -0.05) is 18.2 Å². The molecular formula is C16H15N3O4. The van der Waals surface area contributed by atoms with Crippen molar-refractivity contribution in [2.75, 3.05) is 12.4 Å². The summed E-state index contributed by atoms with van der Waals surface area (Å²) in [5.41, 5.74) is 3.12. The fourth-order valence-electron chi connectivity index (χ4n) is 1.71. The first kappa shape index (κ1) is 16.0. The molecule has 0 radical (unpaired) electrons. The summed E-state index contributed by atoms with van der Waals surface area (Å²) in [4.78, 5) is 23.4. The van der Waals surface area contributed by atoms with Gasteiger partial charge >= 0.3 is 11.8 Å². The van der Waals surface area contributed by atoms with Gasteiger partial charge in [0.1, 0.15) is 11.5 Å². The van der Waals surface area contributed by atoms with E-state index in [4.69, 9.17) is 4.74 Å². The van der Waals surface area contributed by atoms with Gasteiger partial charge < -0.3 is 15.2 Å². The fourth-order valence-corrected chi connectivity index (χ4v) is 1.71. The zero-order valence-electron chi connectivity index (χ0n) is 12.3. The molecule has 2 rings (SSSR count). The molecule has 0 aromatic heterocycles. The molecule has 0 spiro atoms. The van der Waals surface area contributed by atoms with Crippen LogP contribution in [0.1, 0.15) is 5.56 Å². The summed E-state index contributed by atoms with van der Waals surface area (Å²) in [7, 11) is 1.50. The van der Waals surface area contributed by atoms with E-state index in [1.165, 1.54) is 25.5 Å². The van der Waals surface area contributed by atoms with Crippen LogP contribution in [0.15, 0.2) is 53.6 Å². The van der Waals surface area contributed by atoms with Gasteiger partial charge in [0.05, 0.1) is 13.3 Å². The number of nitrogens with zero attached hydrogens (tertiary/aromatic N) is 1. The number of phenols is 1. The van der Waals surface area contributed by atoms with Crippen LogP contribution in [-0.4, -0.2) is 30.2 Å². The molecule has 2 aromatic rings. The van der Waals surface area contributed by atoms with Gasteiger partial charge in [-0.3, -0.25) is 9.59 Å². The van der Waals surface area contributed by atoms with E-state index >= 15 is 0 Å². The number of anilines is 1. The molecule has 7 nitrogen and oxygen atoms in total. The third-order valence-corrected chi connectivity index (χ3v) is 2.78. The highest BCUT2D eigenvalue weighted by molar-refractivity contribution is 6.39. The van der Waals surface area contributed by atoms with Gasteiger partial charge in [-0.15, -0.1) is 0 Å². The molecule has 3 N–H and O–H groups in total. The Hall–Kier alpha value is -3.35. The number of aromatic hydroxyl groups is 1. The van der Waals surface area contributed by atoms with Gasteiger partial charge in [-0.2, -0.15) is 5.10 Å². The number of nitrogens with one attached hydrogen (secondary N) is 2. The molecule has 0 atom stereocenters. The second kappa shape index (κ2) is 7.60. The van der Waals surface area contributed by atoms with Crippen molar-refractivity contribution in [3.8, 4) is 11.5 Å². The normalized spacial score (nSPS) is 10.3. The Morgan fingerprint density at radius 2 is 1.91 bits per heavy atom. The minimum Gasteiger partial charge on any atom is -0.508 e. The number of benzene rings is 2. The van der Waals surface area contributed by atoms with Gasteiger partial charge in [0.25, 0.3) is 0 Å². The number of rotatable bonds is 4. The van der Waals surface area contributed by atoms with Gasteiger partial charge in [0, 0.05) is 11.8 Å². The summed E-state index contributed by atoms with van der Waals surface area (Å²) in [6, 6.07) is 12.9. The summed E-state index contributed by atoms with van der Waals surface area (Å²) >= 11 is 0. The van der Waals surface area contributed by atoms with Crippen molar-refractivity contribution in [1.29, 1.82) is 0 Å². The summed E-state index contributed by atoms with van der Waals surface area (Å²) in [6.45, 7) is 0. The van der Waals surface area contributed by atoms with E-state index in [-0.39, 0.29) is 5.75 Å². The maximum absolute atomic E-state index is 11.7. The summed E-state index contributed by atoms with van der Waals surface area (Å²) in [5.74, 6) is -1.13. The summed E-state index contributed by atoms with van der Waals surface area (Å²) < 4.78 is 5.02. The van der Waals surface area contributed by atoms with Gasteiger partial charge in [-0.05, 0) is 29.8 Å². The van der Waals surface area contributed by atoms with Gasteiger partial charge in [0.15, 0.2) is 0 Å². The largest absolute Gasteiger partial charge is 0.508 e. The monoisotopic (exact) mass is 313 g/mol. The van der Waals surface area contributed by atoms with Crippen LogP contribution in [0, 0.1) is 0 Å². The van der Waals surface area contributed by atoms with E-state index in [9.17, 15) is 14.7 Å². The zero-order chi connectivity index (χ0) is 16.7. The lowest BCUT2D eigenvalue weighted by Crippen LogP contribution is -2.32. The fraction of sp³-hybridized carbons (Fsp3) is 0.0625. The molecule has 0 fully saturated rings. The Morgan fingerprint density at radius 3 is 2.65 bits per heavy atom. The average molecular weight is 313 g/mol. The van der Waals surface area contributed by atoms with Crippen LogP contribution in [0.4, 0.5) is 5.69 Å². The van der Waals surface area contributed by atoms with Crippen molar-refractivity contribution in [2.45, 2.75) is 0 Å². The highest BCUT2D eigenvalue weighted by atomic mass is 16.5. The van der Waals surface area contributed by atoms with Crippen molar-refractivity contribution >= 4 is 23.7 Å². The number of hydrogen-bond acceptors (Lipinski definition) is 5. The molecule has 0 aliphatic carbocycles. The maximum atomic E-state index is 11.7. The van der Waals surface area contributed by atoms with E-state index in [0.717, 1.165) is 0 Å². The lowest BCUT2D eigenvalue weighted by molar-refractivity contribution is -0.136. The molecule has 0 unspecified atom stereocenters. The third-order valence-electron chi connectivity index (χ3n) is 2.78. The SMILES string of the molecule is COc1cccc(NC(=O)C(=O)N/N=C\c2cccc(O)c2)c1. The number of carbonyl (C=O) groups excluding carboxylic acids is 2. The molecule has 0 saturated carbocycles. The number of hydrazone groups is 1. The van der Waals surface area contributed by atoms with Crippen molar-refractivity contribution in [3.05, 3.63) is 54.1 Å². The van der Waals surface area contributed by atoms with Crippen LogP contribution in [0.25, 0.3) is 0 Å². The first-order valence-electron chi connectivity index (χ1n) is 6.66. The first-order chi connectivity index (χ1) is 11.1. The molecule has 0 saturated heterocycles. The number of ether oxygens (including phenoxy) is 1. The first-order valence-corrected chi connectivity index (χ1v) is 6.66. The quantitative estimate of drug-likeness (QED) is 0.452. The van der Waals surface area contributed by atoms with Crippen LogP contribution in [0.3, 0.4) is 0 Å². The minimum atomic E-state index is -0.913. The number of hydrogen-bond donors (Lipinski definition) is 3. The van der Waals surface area contributed by atoms with Crippen molar-refractivity contribution in [3.63, 3.8) is 0 Å². The number of phenolic OH excluding ortho intramolecular Hbond substituents is 1. The molecular weight excluding hydrogens is 298 g/mol. The van der Waals surface area contributed by atoms with Crippen LogP contribution < -0.4 is 15.5 Å². The van der Waals surface area contributed by atoms with Crippen molar-refractivity contribution in [2.24, 2.45) is 5.10 Å². The minimum absolute atomic E-state index is 0.0797. The van der Waals surface area contributed by atoms with Crippen LogP contribution >= 0.6 is 0 Å². The Kier molecular flexibility index (Phi) is 5.30. The smallest absolute Gasteiger partial charge is 0.329 e. The molecule has 7 heteroatoms. The number of amides is 2. The predicted molar refractivity (Wildman–Crippen MR) is 85.5 cm³/mol. The Bertz CT molecular complexity index is 744. The number of methoxy groups -OCH3 is 1. The molecule has 0 bridgehead atoms. The molecule has 0 aliphatic heterocycles. The highest BCUT2D eigenvalue weighted by Crippen LogP contribution is 2.16. The van der Waals surface area contributed by atoms with Gasteiger partial charge in [0.2, 0.25) is 0 Å². The van der Waals surface area contributed by atoms with Crippen molar-refractivity contribution in [1.82, 2.24) is 5.43 Å². The highest BCUT2D eigenvalue weighted by Gasteiger charge is 2.13. The molecule has 0 aliphatic rings. The molecule has 118 valence electrons. The lowest BCUT2D eigenvalue weighted by atomic mass is 10.2. The van der Waals surface area contributed by atoms with E-state index in [0.29, 0.717) is 17.0 Å². The van der Waals surface area contributed by atoms with E-state index in [1.807, 2.05) is 0 Å². The zero-order valence-corrected chi connectivity index (χ0v) is 12.3. The lowest BCUT2D eigenvalue weighted by Gasteiger charge is -2.05.